The van der Waals surface area contributed by atoms with Crippen LogP contribution in [-0.2, 0) is 14.9 Å². The van der Waals surface area contributed by atoms with Gasteiger partial charge in [0.1, 0.15) is 21.6 Å². The van der Waals surface area contributed by atoms with Crippen molar-refractivity contribution >= 4 is 47.6 Å². The van der Waals surface area contributed by atoms with Crippen molar-refractivity contribution in [3.8, 4) is 11.4 Å². The summed E-state index contributed by atoms with van der Waals surface area (Å²) in [5, 5.41) is 4.01. The van der Waals surface area contributed by atoms with Crippen molar-refractivity contribution < 1.29 is 30.5 Å². The smallest absolute Gasteiger partial charge is 0.385 e. The average Bonchev–Trinajstić information content (AvgIpc) is 3.17. The molecule has 0 saturated heterocycles. The molecule has 0 atom stereocenters. The highest BCUT2D eigenvalue weighted by Crippen LogP contribution is 2.34. The van der Waals surface area contributed by atoms with Gasteiger partial charge in [0.25, 0.3) is 5.56 Å². The van der Waals surface area contributed by atoms with Gasteiger partial charge in [-0.2, -0.15) is 21.6 Å². The Hall–Kier alpha value is -3.23. The van der Waals surface area contributed by atoms with Gasteiger partial charge in [-0.1, -0.05) is 0 Å². The second-order valence-electron chi connectivity index (χ2n) is 6.99. The number of anilines is 1. The normalized spacial score (nSPS) is 12.4. The Morgan fingerprint density at radius 3 is 2.56 bits per heavy atom. The Bertz CT molecular complexity index is 1500. The van der Waals surface area contributed by atoms with Crippen LogP contribution in [0, 0.1) is 0 Å². The van der Waals surface area contributed by atoms with Crippen LogP contribution in [0.3, 0.4) is 0 Å². The van der Waals surface area contributed by atoms with E-state index in [2.05, 4.69) is 19.5 Å². The standard InChI is InChI=1S/C20H17F3N4O5S2/c1-31-10-2-8-24-14-7-9-25-18-15(14)16-17(33-18)19(28)27(11-26-16)12-3-5-13(6-4-12)32-34(29,30)20(21,22)23/h3-7,9,11H,2,8,10H2,1H3,(H,24,25). The molecule has 0 unspecified atom stereocenters. The number of methoxy groups -OCH3 is 1. The maximum atomic E-state index is 13.1. The number of halogens is 3. The van der Waals surface area contributed by atoms with Crippen molar-refractivity contribution in [2.24, 2.45) is 0 Å². The third kappa shape index (κ3) is 4.56. The zero-order valence-corrected chi connectivity index (χ0v) is 19.1. The molecule has 3 heterocycles. The molecular weight excluding hydrogens is 497 g/mol. The number of nitrogens with one attached hydrogen (secondary N) is 1. The highest BCUT2D eigenvalue weighted by Gasteiger charge is 2.48. The Kier molecular flexibility index (Phi) is 6.47. The number of alkyl halides is 3. The number of fused-ring (bicyclic) bond motifs is 3. The van der Waals surface area contributed by atoms with Crippen LogP contribution in [0.25, 0.3) is 26.1 Å². The number of ether oxygens (including phenoxy) is 1. The zero-order chi connectivity index (χ0) is 24.5. The second kappa shape index (κ2) is 9.19. The molecule has 0 bridgehead atoms. The van der Waals surface area contributed by atoms with Gasteiger partial charge < -0.3 is 14.2 Å². The van der Waals surface area contributed by atoms with Crippen molar-refractivity contribution in [1.29, 1.82) is 0 Å². The minimum atomic E-state index is -5.79. The fourth-order valence-corrected chi connectivity index (χ4v) is 4.67. The fraction of sp³-hybridized carbons (Fsp3) is 0.250. The largest absolute Gasteiger partial charge is 0.534 e. The van der Waals surface area contributed by atoms with Crippen molar-refractivity contribution in [2.75, 3.05) is 25.6 Å². The summed E-state index contributed by atoms with van der Waals surface area (Å²) in [6.45, 7) is 1.25. The molecule has 1 N–H and O–H groups in total. The molecule has 0 aliphatic rings. The first-order valence-corrected chi connectivity index (χ1v) is 12.0. The van der Waals surface area contributed by atoms with Crippen LogP contribution in [0.15, 0.2) is 47.7 Å². The van der Waals surface area contributed by atoms with Crippen LogP contribution in [0.5, 0.6) is 5.75 Å². The molecule has 0 spiro atoms. The number of pyridine rings is 1. The van der Waals surface area contributed by atoms with E-state index in [0.717, 1.165) is 24.2 Å². The summed E-state index contributed by atoms with van der Waals surface area (Å²) >= 11 is 1.17. The number of hydrogen-bond donors (Lipinski definition) is 1. The monoisotopic (exact) mass is 514 g/mol. The van der Waals surface area contributed by atoms with E-state index in [1.54, 1.807) is 19.4 Å². The molecule has 0 aliphatic carbocycles. The quantitative estimate of drug-likeness (QED) is 0.215. The molecule has 0 aliphatic heterocycles. The van der Waals surface area contributed by atoms with Crippen LogP contribution < -0.4 is 15.1 Å². The van der Waals surface area contributed by atoms with Crippen molar-refractivity contribution in [3.05, 3.63) is 53.2 Å². The third-order valence-corrected chi connectivity index (χ3v) is 6.78. The zero-order valence-electron chi connectivity index (χ0n) is 17.5. The lowest BCUT2D eigenvalue weighted by Gasteiger charge is -2.10. The lowest BCUT2D eigenvalue weighted by molar-refractivity contribution is -0.0500. The van der Waals surface area contributed by atoms with Gasteiger partial charge in [0, 0.05) is 32.1 Å². The Morgan fingerprint density at radius 2 is 1.88 bits per heavy atom. The van der Waals surface area contributed by atoms with Gasteiger partial charge in [-0.15, -0.1) is 11.3 Å². The molecule has 0 amide bonds. The predicted molar refractivity (Wildman–Crippen MR) is 121 cm³/mol. The topological polar surface area (TPSA) is 112 Å². The SMILES string of the molecule is COCCCNc1ccnc2sc3c(=O)n(-c4ccc(OS(=O)(=O)C(F)(F)F)cc4)cnc3c12. The van der Waals surface area contributed by atoms with E-state index in [1.807, 2.05) is 0 Å². The molecule has 0 fully saturated rings. The van der Waals surface area contributed by atoms with Crippen LogP contribution in [-0.4, -0.2) is 48.7 Å². The molecule has 0 radical (unpaired) electrons. The lowest BCUT2D eigenvalue weighted by Crippen LogP contribution is -2.28. The van der Waals surface area contributed by atoms with E-state index in [-0.39, 0.29) is 5.69 Å². The van der Waals surface area contributed by atoms with Gasteiger partial charge in [0.15, 0.2) is 0 Å². The molecule has 4 rings (SSSR count). The lowest BCUT2D eigenvalue weighted by atomic mass is 10.2. The number of thiophene rings is 1. The molecule has 4 aromatic rings. The Labute approximate surface area is 194 Å². The second-order valence-corrected chi connectivity index (χ2v) is 9.53. The summed E-state index contributed by atoms with van der Waals surface area (Å²) < 4.78 is 70.5. The minimum Gasteiger partial charge on any atom is -0.385 e. The molecule has 9 nitrogen and oxygen atoms in total. The number of hydrogen-bond acceptors (Lipinski definition) is 9. The molecular formula is C20H17F3N4O5S2. The van der Waals surface area contributed by atoms with Gasteiger partial charge in [-0.3, -0.25) is 9.36 Å². The van der Waals surface area contributed by atoms with E-state index >= 15 is 0 Å². The number of benzene rings is 1. The van der Waals surface area contributed by atoms with Crippen molar-refractivity contribution in [2.45, 2.75) is 11.9 Å². The first-order valence-electron chi connectivity index (χ1n) is 9.75. The van der Waals surface area contributed by atoms with Crippen LogP contribution in [0.4, 0.5) is 18.9 Å². The predicted octanol–water partition coefficient (Wildman–Crippen LogP) is 3.67. The fourth-order valence-electron chi connectivity index (χ4n) is 3.16. The van der Waals surface area contributed by atoms with E-state index < -0.39 is 26.9 Å². The third-order valence-electron chi connectivity index (χ3n) is 4.73. The summed E-state index contributed by atoms with van der Waals surface area (Å²) in [6, 6.07) is 6.34. The summed E-state index contributed by atoms with van der Waals surface area (Å²) in [5.74, 6) is -0.543. The van der Waals surface area contributed by atoms with Crippen molar-refractivity contribution in [1.82, 2.24) is 14.5 Å². The number of nitrogens with zero attached hydrogens (tertiary/aromatic N) is 3. The first-order chi connectivity index (χ1) is 16.1. The molecule has 180 valence electrons. The summed E-state index contributed by atoms with van der Waals surface area (Å²) in [6.07, 6.45) is 3.70. The minimum absolute atomic E-state index is 0.263. The molecule has 34 heavy (non-hydrogen) atoms. The number of aromatic nitrogens is 3. The highest BCUT2D eigenvalue weighted by molar-refractivity contribution is 7.88. The Morgan fingerprint density at radius 1 is 1.15 bits per heavy atom. The maximum absolute atomic E-state index is 13.1. The van der Waals surface area contributed by atoms with E-state index in [1.165, 1.54) is 34.4 Å². The van der Waals surface area contributed by atoms with E-state index in [9.17, 15) is 26.4 Å². The van der Waals surface area contributed by atoms with Crippen LogP contribution in [0.1, 0.15) is 6.42 Å². The van der Waals surface area contributed by atoms with Gasteiger partial charge in [-0.25, -0.2) is 9.97 Å². The van der Waals surface area contributed by atoms with E-state index in [4.69, 9.17) is 4.74 Å². The molecule has 1 aromatic carbocycles. The van der Waals surface area contributed by atoms with E-state index in [0.29, 0.717) is 33.6 Å². The van der Waals surface area contributed by atoms with Gasteiger partial charge in [0.05, 0.1) is 16.6 Å². The average molecular weight is 515 g/mol. The number of rotatable bonds is 8. The highest BCUT2D eigenvalue weighted by atomic mass is 32.2. The molecule has 3 aromatic heterocycles. The van der Waals surface area contributed by atoms with Gasteiger partial charge in [0.2, 0.25) is 0 Å². The van der Waals surface area contributed by atoms with Gasteiger partial charge >= 0.3 is 15.6 Å². The molecule has 14 heteroatoms. The van der Waals surface area contributed by atoms with Crippen molar-refractivity contribution in [3.63, 3.8) is 0 Å². The first kappa shape index (κ1) is 23.9. The van der Waals surface area contributed by atoms with Crippen LogP contribution in [0.2, 0.25) is 0 Å². The molecule has 0 saturated carbocycles. The maximum Gasteiger partial charge on any atom is 0.534 e. The van der Waals surface area contributed by atoms with Crippen LogP contribution >= 0.6 is 11.3 Å². The Balaban J connectivity index is 1.68. The summed E-state index contributed by atoms with van der Waals surface area (Å²) in [4.78, 5) is 22.5. The summed E-state index contributed by atoms with van der Waals surface area (Å²) in [7, 11) is -4.17. The van der Waals surface area contributed by atoms with Gasteiger partial charge in [-0.05, 0) is 36.8 Å². The summed E-state index contributed by atoms with van der Waals surface area (Å²) in [5.41, 5.74) is -4.44.